The molecule has 0 aromatic carbocycles. The lowest BCUT2D eigenvalue weighted by atomic mass is 10.2. The molecule has 2 aliphatic heterocycles. The summed E-state index contributed by atoms with van der Waals surface area (Å²) in [6.45, 7) is 3.99. The van der Waals surface area contributed by atoms with E-state index in [1.54, 1.807) is 11.8 Å². The largest absolute Gasteiger partial charge is 0.379 e. The molecule has 0 radical (unpaired) electrons. The number of hydrogen-bond donors (Lipinski definition) is 2. The van der Waals surface area contributed by atoms with Gasteiger partial charge in [-0.3, -0.25) is 10.1 Å². The molecular weight excluding hydrogens is 276 g/mol. The van der Waals surface area contributed by atoms with E-state index in [0.29, 0.717) is 13.2 Å². The number of halogens is 1. The third kappa shape index (κ3) is 4.93. The second-order valence-electron chi connectivity index (χ2n) is 4.50. The summed E-state index contributed by atoms with van der Waals surface area (Å²) in [5.74, 6) is 1.80. The Kier molecular flexibility index (Phi) is 7.33. The minimum atomic E-state index is -0.0442. The van der Waals surface area contributed by atoms with Crippen molar-refractivity contribution in [2.45, 2.75) is 31.5 Å². The number of hydrogen-bond acceptors (Lipinski definition) is 5. The molecule has 3 atom stereocenters. The molecule has 0 saturated carbocycles. The molecule has 0 aliphatic carbocycles. The Bertz CT molecular complexity index is 259. The van der Waals surface area contributed by atoms with Crippen LogP contribution in [0.15, 0.2) is 0 Å². The molecule has 5 nitrogen and oxygen atoms in total. The van der Waals surface area contributed by atoms with Gasteiger partial charge in [-0.1, -0.05) is 0 Å². The Balaban J connectivity index is 0.00000162. The van der Waals surface area contributed by atoms with Gasteiger partial charge in [0.2, 0.25) is 5.91 Å². The molecule has 2 aliphatic rings. The highest BCUT2D eigenvalue weighted by molar-refractivity contribution is 7.99. The smallest absolute Gasteiger partial charge is 0.238 e. The first-order chi connectivity index (χ1) is 8.25. The SMILES string of the molecule is CC(COC1CCOC1)NC(=O)C1CSCN1.Cl. The molecule has 106 valence electrons. The average Bonchev–Trinajstić information content (AvgIpc) is 2.99. The topological polar surface area (TPSA) is 59.6 Å². The van der Waals surface area contributed by atoms with Crippen LogP contribution in [0.3, 0.4) is 0 Å². The van der Waals surface area contributed by atoms with Crippen molar-refractivity contribution in [3.05, 3.63) is 0 Å². The highest BCUT2D eigenvalue weighted by Crippen LogP contribution is 2.10. The maximum atomic E-state index is 11.8. The summed E-state index contributed by atoms with van der Waals surface area (Å²) in [7, 11) is 0. The summed E-state index contributed by atoms with van der Waals surface area (Å²) in [5, 5.41) is 6.11. The Morgan fingerprint density at radius 3 is 3.11 bits per heavy atom. The van der Waals surface area contributed by atoms with E-state index in [1.165, 1.54) is 0 Å². The first-order valence-electron chi connectivity index (χ1n) is 6.06. The molecule has 2 fully saturated rings. The number of amides is 1. The zero-order chi connectivity index (χ0) is 12.1. The van der Waals surface area contributed by atoms with Crippen LogP contribution >= 0.6 is 24.2 Å². The molecule has 0 bridgehead atoms. The van der Waals surface area contributed by atoms with E-state index in [9.17, 15) is 4.79 Å². The number of rotatable bonds is 5. The summed E-state index contributed by atoms with van der Waals surface area (Å²) in [5.41, 5.74) is 0. The van der Waals surface area contributed by atoms with Crippen LogP contribution in [0.2, 0.25) is 0 Å². The fourth-order valence-corrected chi connectivity index (χ4v) is 2.82. The number of carbonyl (C=O) groups excluding carboxylic acids is 1. The summed E-state index contributed by atoms with van der Waals surface area (Å²) in [4.78, 5) is 11.8. The van der Waals surface area contributed by atoms with Crippen LogP contribution in [-0.2, 0) is 14.3 Å². The van der Waals surface area contributed by atoms with Crippen molar-refractivity contribution >= 4 is 30.1 Å². The van der Waals surface area contributed by atoms with Crippen molar-refractivity contribution in [3.8, 4) is 0 Å². The molecule has 7 heteroatoms. The van der Waals surface area contributed by atoms with Crippen molar-refractivity contribution in [2.75, 3.05) is 31.5 Å². The molecular formula is C11H21ClN2O3S. The van der Waals surface area contributed by atoms with Gasteiger partial charge in [0.1, 0.15) is 0 Å². The maximum Gasteiger partial charge on any atom is 0.238 e. The molecule has 2 saturated heterocycles. The van der Waals surface area contributed by atoms with Gasteiger partial charge in [-0.2, -0.15) is 0 Å². The molecule has 0 spiro atoms. The van der Waals surface area contributed by atoms with E-state index < -0.39 is 0 Å². The van der Waals surface area contributed by atoms with E-state index in [4.69, 9.17) is 9.47 Å². The number of nitrogens with one attached hydrogen (secondary N) is 2. The fourth-order valence-electron chi connectivity index (χ4n) is 1.87. The van der Waals surface area contributed by atoms with Crippen LogP contribution in [0.25, 0.3) is 0 Å². The molecule has 0 aromatic rings. The molecule has 3 unspecified atom stereocenters. The molecule has 2 heterocycles. The zero-order valence-electron chi connectivity index (χ0n) is 10.5. The second kappa shape index (κ2) is 8.22. The van der Waals surface area contributed by atoms with Crippen molar-refractivity contribution in [1.29, 1.82) is 0 Å². The normalized spacial score (nSPS) is 28.7. The van der Waals surface area contributed by atoms with Gasteiger partial charge in [0.25, 0.3) is 0 Å². The van der Waals surface area contributed by atoms with Crippen LogP contribution in [0, 0.1) is 0 Å². The minimum Gasteiger partial charge on any atom is -0.379 e. The van der Waals surface area contributed by atoms with Gasteiger partial charge in [0.15, 0.2) is 0 Å². The Labute approximate surface area is 118 Å². The zero-order valence-corrected chi connectivity index (χ0v) is 12.1. The molecule has 2 rings (SSSR count). The monoisotopic (exact) mass is 296 g/mol. The second-order valence-corrected chi connectivity index (χ2v) is 5.53. The van der Waals surface area contributed by atoms with Gasteiger partial charge >= 0.3 is 0 Å². The number of carbonyl (C=O) groups is 1. The predicted molar refractivity (Wildman–Crippen MR) is 74.3 cm³/mol. The van der Waals surface area contributed by atoms with Gasteiger partial charge in [-0.25, -0.2) is 0 Å². The Hall–Kier alpha value is -0.0100. The number of ether oxygens (including phenoxy) is 2. The minimum absolute atomic E-state index is 0. The highest BCUT2D eigenvalue weighted by Gasteiger charge is 2.24. The first kappa shape index (κ1) is 16.0. The lowest BCUT2D eigenvalue weighted by Crippen LogP contribution is -2.47. The van der Waals surface area contributed by atoms with Crippen LogP contribution in [0.5, 0.6) is 0 Å². The standard InChI is InChI=1S/C11H20N2O3S.ClH/c1-8(4-16-9-2-3-15-5-9)13-11(14)10-6-17-7-12-10;/h8-10,12H,2-7H2,1H3,(H,13,14);1H. The summed E-state index contributed by atoms with van der Waals surface area (Å²) < 4.78 is 10.9. The predicted octanol–water partition coefficient (Wildman–Crippen LogP) is 0.381. The Morgan fingerprint density at radius 1 is 1.67 bits per heavy atom. The van der Waals surface area contributed by atoms with Gasteiger partial charge in [-0.15, -0.1) is 24.2 Å². The highest BCUT2D eigenvalue weighted by atomic mass is 35.5. The quantitative estimate of drug-likeness (QED) is 0.768. The van der Waals surface area contributed by atoms with Gasteiger partial charge in [0.05, 0.1) is 25.4 Å². The molecule has 2 N–H and O–H groups in total. The van der Waals surface area contributed by atoms with Gasteiger partial charge in [-0.05, 0) is 13.3 Å². The van der Waals surface area contributed by atoms with Crippen LogP contribution in [0.1, 0.15) is 13.3 Å². The number of thioether (sulfide) groups is 1. The van der Waals surface area contributed by atoms with Crippen LogP contribution < -0.4 is 10.6 Å². The molecule has 0 aromatic heterocycles. The van der Waals surface area contributed by atoms with Crippen LogP contribution in [-0.4, -0.2) is 55.5 Å². The van der Waals surface area contributed by atoms with E-state index in [0.717, 1.165) is 24.7 Å². The van der Waals surface area contributed by atoms with Crippen molar-refractivity contribution in [2.24, 2.45) is 0 Å². The van der Waals surface area contributed by atoms with E-state index in [2.05, 4.69) is 10.6 Å². The first-order valence-corrected chi connectivity index (χ1v) is 7.22. The Morgan fingerprint density at radius 2 is 2.50 bits per heavy atom. The van der Waals surface area contributed by atoms with Gasteiger partial charge in [0, 0.05) is 24.3 Å². The summed E-state index contributed by atoms with van der Waals surface area (Å²) >= 11 is 1.75. The fraction of sp³-hybridized carbons (Fsp3) is 0.909. The molecule has 1 amide bonds. The summed E-state index contributed by atoms with van der Waals surface area (Å²) in [6, 6.07) is 0.00719. The van der Waals surface area contributed by atoms with Crippen molar-refractivity contribution < 1.29 is 14.3 Å². The lowest BCUT2D eigenvalue weighted by molar-refractivity contribution is -0.123. The third-order valence-corrected chi connectivity index (χ3v) is 3.83. The van der Waals surface area contributed by atoms with Crippen molar-refractivity contribution in [3.63, 3.8) is 0 Å². The van der Waals surface area contributed by atoms with E-state index in [1.807, 2.05) is 6.92 Å². The maximum absolute atomic E-state index is 11.8. The van der Waals surface area contributed by atoms with E-state index in [-0.39, 0.29) is 36.5 Å². The van der Waals surface area contributed by atoms with E-state index >= 15 is 0 Å². The van der Waals surface area contributed by atoms with Gasteiger partial charge < -0.3 is 14.8 Å². The van der Waals surface area contributed by atoms with Crippen molar-refractivity contribution in [1.82, 2.24) is 10.6 Å². The third-order valence-electron chi connectivity index (χ3n) is 2.89. The lowest BCUT2D eigenvalue weighted by Gasteiger charge is -2.18. The summed E-state index contributed by atoms with van der Waals surface area (Å²) in [6.07, 6.45) is 1.16. The van der Waals surface area contributed by atoms with Crippen LogP contribution in [0.4, 0.5) is 0 Å². The molecule has 18 heavy (non-hydrogen) atoms. The average molecular weight is 297 g/mol.